The molecule has 1 unspecified atom stereocenters. The van der Waals surface area contributed by atoms with E-state index >= 15 is 0 Å². The van der Waals surface area contributed by atoms with E-state index in [4.69, 9.17) is 16.7 Å². The van der Waals surface area contributed by atoms with Crippen LogP contribution >= 0.6 is 11.6 Å². The number of hydrogen-bond donors (Lipinski definition) is 1. The Labute approximate surface area is 121 Å². The molecule has 0 saturated heterocycles. The fourth-order valence-electron chi connectivity index (χ4n) is 1.87. The van der Waals surface area contributed by atoms with Gasteiger partial charge in [-0.1, -0.05) is 18.5 Å². The van der Waals surface area contributed by atoms with Crippen LogP contribution in [0.4, 0.5) is 0 Å². The first-order valence-electron chi connectivity index (χ1n) is 6.24. The largest absolute Gasteiger partial charge is 0.481 e. The molecule has 0 bridgehead atoms. The normalized spacial score (nSPS) is 12.3. The maximum Gasteiger partial charge on any atom is 0.306 e. The van der Waals surface area contributed by atoms with Gasteiger partial charge < -0.3 is 5.11 Å². The second-order valence-electron chi connectivity index (χ2n) is 4.77. The van der Waals surface area contributed by atoms with E-state index in [0.717, 1.165) is 11.1 Å². The predicted octanol–water partition coefficient (Wildman–Crippen LogP) is 2.41. The van der Waals surface area contributed by atoms with Gasteiger partial charge in [0, 0.05) is 17.1 Å². The van der Waals surface area contributed by atoms with Gasteiger partial charge in [0.25, 0.3) is 0 Å². The van der Waals surface area contributed by atoms with Crippen molar-refractivity contribution in [3.63, 3.8) is 0 Å². The molecule has 1 N–H and O–H groups in total. The van der Waals surface area contributed by atoms with Crippen LogP contribution in [-0.2, 0) is 11.3 Å². The van der Waals surface area contributed by atoms with Gasteiger partial charge in [-0.25, -0.2) is 4.68 Å². The van der Waals surface area contributed by atoms with E-state index in [1.54, 1.807) is 17.7 Å². The standard InChI is InChI=1S/C13H15ClN4O2/c1-8-5-10(7-11(14)6-8)12-15-16-17-18(12)4-3-9(2)13(19)20/h5-7,9H,3-4H2,1-2H3,(H,19,20). The molecule has 1 atom stereocenters. The number of aryl methyl sites for hydroxylation is 2. The van der Waals surface area contributed by atoms with Gasteiger partial charge in [0.05, 0.1) is 5.92 Å². The van der Waals surface area contributed by atoms with E-state index < -0.39 is 11.9 Å². The Morgan fingerprint density at radius 3 is 2.85 bits per heavy atom. The summed E-state index contributed by atoms with van der Waals surface area (Å²) >= 11 is 6.03. The molecule has 7 heteroatoms. The third-order valence-electron chi connectivity index (χ3n) is 3.03. The molecular weight excluding hydrogens is 280 g/mol. The van der Waals surface area contributed by atoms with Crippen molar-refractivity contribution < 1.29 is 9.90 Å². The minimum atomic E-state index is -0.821. The summed E-state index contributed by atoms with van der Waals surface area (Å²) in [6, 6.07) is 5.58. The van der Waals surface area contributed by atoms with Crippen LogP contribution in [-0.4, -0.2) is 31.3 Å². The van der Waals surface area contributed by atoms with E-state index in [2.05, 4.69) is 15.5 Å². The molecule has 1 aromatic carbocycles. The van der Waals surface area contributed by atoms with Crippen molar-refractivity contribution in [2.75, 3.05) is 0 Å². The maximum atomic E-state index is 10.8. The third-order valence-corrected chi connectivity index (χ3v) is 3.25. The predicted molar refractivity (Wildman–Crippen MR) is 74.4 cm³/mol. The number of rotatable bonds is 5. The average Bonchev–Trinajstić information content (AvgIpc) is 2.82. The van der Waals surface area contributed by atoms with Crippen molar-refractivity contribution in [2.45, 2.75) is 26.8 Å². The van der Waals surface area contributed by atoms with Gasteiger partial charge in [0.1, 0.15) is 0 Å². The molecule has 0 aliphatic carbocycles. The van der Waals surface area contributed by atoms with Crippen molar-refractivity contribution in [3.05, 3.63) is 28.8 Å². The van der Waals surface area contributed by atoms with Gasteiger partial charge in [-0.15, -0.1) is 5.10 Å². The second-order valence-corrected chi connectivity index (χ2v) is 5.21. The van der Waals surface area contributed by atoms with Crippen LogP contribution in [0.3, 0.4) is 0 Å². The van der Waals surface area contributed by atoms with Crippen LogP contribution in [0, 0.1) is 12.8 Å². The molecule has 1 heterocycles. The third kappa shape index (κ3) is 3.33. The van der Waals surface area contributed by atoms with Crippen LogP contribution in [0.5, 0.6) is 0 Å². The molecule has 0 radical (unpaired) electrons. The topological polar surface area (TPSA) is 80.9 Å². The summed E-state index contributed by atoms with van der Waals surface area (Å²) in [5.41, 5.74) is 1.84. The summed E-state index contributed by atoms with van der Waals surface area (Å²) in [4.78, 5) is 10.8. The molecule has 0 fully saturated rings. The SMILES string of the molecule is Cc1cc(Cl)cc(-c2nnnn2CCC(C)C(=O)O)c1. The highest BCUT2D eigenvalue weighted by atomic mass is 35.5. The van der Waals surface area contributed by atoms with Gasteiger partial charge in [0.2, 0.25) is 0 Å². The first kappa shape index (κ1) is 14.5. The van der Waals surface area contributed by atoms with E-state index in [-0.39, 0.29) is 0 Å². The Morgan fingerprint density at radius 1 is 1.45 bits per heavy atom. The minimum Gasteiger partial charge on any atom is -0.481 e. The number of aliphatic carboxylic acids is 1. The van der Waals surface area contributed by atoms with Crippen molar-refractivity contribution in [2.24, 2.45) is 5.92 Å². The molecule has 2 aromatic rings. The quantitative estimate of drug-likeness (QED) is 0.916. The van der Waals surface area contributed by atoms with Crippen LogP contribution in [0.15, 0.2) is 18.2 Å². The zero-order valence-corrected chi connectivity index (χ0v) is 12.0. The molecule has 0 saturated carbocycles. The van der Waals surface area contributed by atoms with Gasteiger partial charge in [-0.3, -0.25) is 4.79 Å². The second kappa shape index (κ2) is 6.00. The zero-order valence-electron chi connectivity index (χ0n) is 11.2. The van der Waals surface area contributed by atoms with Gasteiger partial charge >= 0.3 is 5.97 Å². The Morgan fingerprint density at radius 2 is 2.20 bits per heavy atom. The van der Waals surface area contributed by atoms with Crippen LogP contribution < -0.4 is 0 Å². The summed E-state index contributed by atoms with van der Waals surface area (Å²) < 4.78 is 1.60. The lowest BCUT2D eigenvalue weighted by atomic mass is 10.1. The zero-order chi connectivity index (χ0) is 14.7. The first-order chi connectivity index (χ1) is 9.47. The Hall–Kier alpha value is -1.95. The molecule has 0 spiro atoms. The number of tetrazole rings is 1. The summed E-state index contributed by atoms with van der Waals surface area (Å²) in [6.45, 7) is 4.05. The van der Waals surface area contributed by atoms with Gasteiger partial charge in [-0.2, -0.15) is 0 Å². The van der Waals surface area contributed by atoms with Crippen molar-refractivity contribution in [3.8, 4) is 11.4 Å². The lowest BCUT2D eigenvalue weighted by Crippen LogP contribution is -2.14. The Balaban J connectivity index is 2.22. The summed E-state index contributed by atoms with van der Waals surface area (Å²) in [6.07, 6.45) is 0.465. The molecule has 0 amide bonds. The molecule has 2 rings (SSSR count). The van der Waals surface area contributed by atoms with Crippen molar-refractivity contribution >= 4 is 17.6 Å². The van der Waals surface area contributed by atoms with Crippen molar-refractivity contribution in [1.29, 1.82) is 0 Å². The number of hydrogen-bond acceptors (Lipinski definition) is 4. The van der Waals surface area contributed by atoms with Crippen LogP contribution in [0.25, 0.3) is 11.4 Å². The summed E-state index contributed by atoms with van der Waals surface area (Å²) in [5.74, 6) is -0.667. The lowest BCUT2D eigenvalue weighted by molar-refractivity contribution is -0.141. The highest BCUT2D eigenvalue weighted by molar-refractivity contribution is 6.30. The molecular formula is C13H15ClN4O2. The maximum absolute atomic E-state index is 10.8. The average molecular weight is 295 g/mol. The highest BCUT2D eigenvalue weighted by Gasteiger charge is 2.14. The smallest absolute Gasteiger partial charge is 0.306 e. The number of carbonyl (C=O) groups is 1. The van der Waals surface area contributed by atoms with Gasteiger partial charge in [-0.05, 0) is 47.5 Å². The van der Waals surface area contributed by atoms with Gasteiger partial charge in [0.15, 0.2) is 5.82 Å². The monoisotopic (exact) mass is 294 g/mol. The van der Waals surface area contributed by atoms with Crippen LogP contribution in [0.2, 0.25) is 5.02 Å². The fourth-order valence-corrected chi connectivity index (χ4v) is 2.16. The Bertz CT molecular complexity index is 606. The molecule has 0 aliphatic rings. The molecule has 6 nitrogen and oxygen atoms in total. The molecule has 20 heavy (non-hydrogen) atoms. The summed E-state index contributed by atoms with van der Waals surface area (Å²) in [5, 5.41) is 21.1. The Kier molecular flexibility index (Phi) is 4.34. The van der Waals surface area contributed by atoms with E-state index in [1.165, 1.54) is 0 Å². The molecule has 0 aliphatic heterocycles. The molecule has 106 valence electrons. The fraction of sp³-hybridized carbons (Fsp3) is 0.385. The number of aromatic nitrogens is 4. The number of halogens is 1. The number of carboxylic acids is 1. The summed E-state index contributed by atoms with van der Waals surface area (Å²) in [7, 11) is 0. The number of benzene rings is 1. The first-order valence-corrected chi connectivity index (χ1v) is 6.61. The number of carboxylic acid groups (broad SMARTS) is 1. The highest BCUT2D eigenvalue weighted by Crippen LogP contribution is 2.22. The molecule has 1 aromatic heterocycles. The van der Waals surface area contributed by atoms with E-state index in [9.17, 15) is 4.79 Å². The lowest BCUT2D eigenvalue weighted by Gasteiger charge is -2.08. The number of nitrogens with zero attached hydrogens (tertiary/aromatic N) is 4. The minimum absolute atomic E-state index is 0.437. The van der Waals surface area contributed by atoms with Crippen LogP contribution in [0.1, 0.15) is 18.9 Å². The van der Waals surface area contributed by atoms with Crippen molar-refractivity contribution in [1.82, 2.24) is 20.2 Å². The van der Waals surface area contributed by atoms with E-state index in [0.29, 0.717) is 23.8 Å². The van der Waals surface area contributed by atoms with E-state index in [1.807, 2.05) is 19.1 Å².